The lowest BCUT2D eigenvalue weighted by Gasteiger charge is -2.37. The Kier molecular flexibility index (Phi) is 29.0. The van der Waals surface area contributed by atoms with E-state index >= 15 is 0 Å². The standard InChI is InChI=1S/C31H29F2N5O2.C29H26F2N6O.C15H23BN2O4.C9H11BrN2O2.C4H2BrIN2/c1-4-40-27(39)12-11-26-34-16-18(17-35-26)23-9-6-10-25(36-23)31-14-13-20(30(31,2)3)19-15-24(37-38-29(19)31)28-21(32)7-5-8-22(28)33;1-28(2)18-11-12-29(28,27-17(18)13-22(36-37-27)26-19(30)5-3-6-20(26)31)23-8-4-7-21(35-23)16-14-33-25(34-15-16)10-9-24(32)38;1-6-20-13(19)8-7-12-17-9-11(10-18-12)16-21-14(2,3)15(4,5)22-16;1-2-14-9(13)4-3-8-11-5-7(10)6-12-8;5-3-1-7-4(6)8-2-3/h5-10,15-17,20H,4,11-14H2,1-3H3;3-8,13-15,18H,9-12H2,1-2H3,(H2,32,38);9-10H,6-8H2,1-5H3;5-6H,2-4H2,1H3;1-2H/t20-,31-;18-,29-;;;/m00.../s1. The van der Waals surface area contributed by atoms with E-state index in [0.717, 1.165) is 100 Å². The molecule has 1 aliphatic heterocycles. The minimum absolute atomic E-state index is 0.152. The number of ether oxygens (including phenoxy) is 3. The van der Waals surface area contributed by atoms with Gasteiger partial charge in [0.2, 0.25) is 5.91 Å². The lowest BCUT2D eigenvalue weighted by atomic mass is 9.66. The zero-order chi connectivity index (χ0) is 87.5. The summed E-state index contributed by atoms with van der Waals surface area (Å²) in [7, 11) is -0.468. The molecule has 11 aromatic rings. The van der Waals surface area contributed by atoms with E-state index < -0.39 is 47.1 Å². The molecule has 3 fully saturated rings. The lowest BCUT2D eigenvalue weighted by Crippen LogP contribution is -2.41. The average molecular weight is 1900 g/mol. The van der Waals surface area contributed by atoms with Gasteiger partial charge in [-0.2, -0.15) is 10.2 Å². The second kappa shape index (κ2) is 39.0. The highest BCUT2D eigenvalue weighted by Crippen LogP contribution is 2.71. The van der Waals surface area contributed by atoms with Crippen molar-refractivity contribution in [2.24, 2.45) is 16.6 Å². The van der Waals surface area contributed by atoms with Crippen molar-refractivity contribution in [1.29, 1.82) is 0 Å². The molecule has 634 valence electrons. The molecule has 4 bridgehead atoms. The lowest BCUT2D eigenvalue weighted by molar-refractivity contribution is -0.144. The van der Waals surface area contributed by atoms with E-state index in [1.54, 1.807) is 88.8 Å². The first-order chi connectivity index (χ1) is 58.2. The van der Waals surface area contributed by atoms with Crippen LogP contribution < -0.4 is 11.2 Å². The SMILES string of the molecule is Brc1cnc(I)nc1.CC1(C)[C@H]2CC[C@]1(c1cccc(-c3cnc(CCC(N)=O)nc3)n1)c1nnc(-c3c(F)cccc3F)cc12.CCOC(=O)CCc1ncc(-c2cccc([C@@]34CC[C@@H](c5cc(-c6c(F)cccc6F)nnc53)C4(C)C)n2)cn1.CCOC(=O)CCc1ncc(B2OC(C)(C)C(C)(C)O2)cn1.CCOC(=O)CCc1ncc(Br)cn1. The Bertz CT molecular complexity index is 5510. The van der Waals surface area contributed by atoms with Gasteiger partial charge < -0.3 is 29.3 Å². The van der Waals surface area contributed by atoms with Crippen LogP contribution in [0.15, 0.2) is 156 Å². The van der Waals surface area contributed by atoms with Crippen LogP contribution in [0.4, 0.5) is 17.6 Å². The zero-order valence-corrected chi connectivity index (χ0v) is 74.6. The second-order valence-electron chi connectivity index (χ2n) is 31.7. The fourth-order valence-corrected chi connectivity index (χ4v) is 17.0. The summed E-state index contributed by atoms with van der Waals surface area (Å²) >= 11 is 8.50. The van der Waals surface area contributed by atoms with E-state index in [1.165, 1.54) is 36.4 Å². The quantitative estimate of drug-likeness (QED) is 0.0164. The van der Waals surface area contributed by atoms with E-state index in [4.69, 9.17) is 39.2 Å². The first kappa shape index (κ1) is 90.8. The molecule has 10 heterocycles. The molecule has 34 heteroatoms. The van der Waals surface area contributed by atoms with Crippen molar-refractivity contribution in [2.75, 3.05) is 19.8 Å². The van der Waals surface area contributed by atoms with Crippen molar-refractivity contribution in [2.45, 2.75) is 187 Å². The van der Waals surface area contributed by atoms with Crippen molar-refractivity contribution < 1.29 is 60.3 Å². The molecule has 1 amide bonds. The van der Waals surface area contributed by atoms with Crippen LogP contribution in [-0.2, 0) is 79.2 Å². The summed E-state index contributed by atoms with van der Waals surface area (Å²) in [5, 5.41) is 17.9. The number of halogens is 7. The number of primary amides is 1. The molecule has 5 aliphatic rings. The second-order valence-corrected chi connectivity index (χ2v) is 34.5. The normalized spacial score (nSPS) is 18.4. The van der Waals surface area contributed by atoms with Gasteiger partial charge in [0, 0.05) is 133 Å². The van der Waals surface area contributed by atoms with Crippen LogP contribution >= 0.6 is 54.5 Å². The van der Waals surface area contributed by atoms with Gasteiger partial charge in [-0.15, -0.1) is 10.2 Å². The molecule has 2 aromatic carbocycles. The van der Waals surface area contributed by atoms with Gasteiger partial charge in [-0.3, -0.25) is 29.1 Å². The van der Waals surface area contributed by atoms with E-state index in [9.17, 15) is 36.7 Å². The van der Waals surface area contributed by atoms with Gasteiger partial charge in [0.05, 0.1) is 127 Å². The summed E-state index contributed by atoms with van der Waals surface area (Å²) in [5.74, 6) is -1.07. The number of carbonyl (C=O) groups is 4. The topological polar surface area (TPSA) is 347 Å². The number of hydrogen-bond acceptors (Lipinski definition) is 25. The first-order valence-electron chi connectivity index (χ1n) is 40.0. The van der Waals surface area contributed by atoms with Crippen molar-refractivity contribution in [3.8, 4) is 45.0 Å². The molecule has 26 nitrogen and oxygen atoms in total. The zero-order valence-electron chi connectivity index (χ0n) is 69.2. The average Bonchev–Trinajstić information content (AvgIpc) is 1.52. The maximum Gasteiger partial charge on any atom is 0.498 e. The summed E-state index contributed by atoms with van der Waals surface area (Å²) in [5.41, 5.74) is 12.2. The minimum Gasteiger partial charge on any atom is -0.466 e. The molecular weight excluding hydrogens is 1810 g/mol. The largest absolute Gasteiger partial charge is 0.498 e. The molecule has 2 saturated carbocycles. The monoisotopic (exact) mass is 1900 g/mol. The van der Waals surface area contributed by atoms with Crippen molar-refractivity contribution in [3.63, 3.8) is 0 Å². The summed E-state index contributed by atoms with van der Waals surface area (Å²) in [6, 6.07) is 23.0. The number of rotatable bonds is 22. The number of nitrogens with zero attached hydrogens (tertiary/aromatic N) is 16. The van der Waals surface area contributed by atoms with Crippen LogP contribution in [0.3, 0.4) is 0 Å². The number of aryl methyl sites for hydroxylation is 4. The number of amides is 1. The Labute approximate surface area is 734 Å². The molecular formula is C88H91BBr2F4IN17O9. The van der Waals surface area contributed by atoms with Crippen LogP contribution in [0.1, 0.15) is 197 Å². The summed E-state index contributed by atoms with van der Waals surface area (Å²) < 4.78 is 87.2. The third kappa shape index (κ3) is 19.8. The fourth-order valence-electron chi connectivity index (χ4n) is 16.3. The smallest absolute Gasteiger partial charge is 0.466 e. The van der Waals surface area contributed by atoms with E-state index in [0.29, 0.717) is 75.2 Å². The van der Waals surface area contributed by atoms with Crippen molar-refractivity contribution >= 4 is 90.8 Å². The Balaban J connectivity index is 0.000000152. The third-order valence-corrected chi connectivity index (χ3v) is 24.6. The van der Waals surface area contributed by atoms with Crippen LogP contribution in [0.2, 0.25) is 0 Å². The van der Waals surface area contributed by atoms with Gasteiger partial charge in [0.25, 0.3) is 0 Å². The number of benzene rings is 2. The summed E-state index contributed by atoms with van der Waals surface area (Å²) in [6.45, 7) is 23.4. The van der Waals surface area contributed by atoms with Crippen LogP contribution in [0.5, 0.6) is 0 Å². The Hall–Kier alpha value is -10.4. The third-order valence-electron chi connectivity index (χ3n) is 23.3. The highest BCUT2D eigenvalue weighted by atomic mass is 127. The number of nitrogens with two attached hydrogens (primary N) is 1. The number of aromatic nitrogens is 16. The highest BCUT2D eigenvalue weighted by Gasteiger charge is 2.66. The van der Waals surface area contributed by atoms with E-state index in [1.807, 2.05) is 70.2 Å². The summed E-state index contributed by atoms with van der Waals surface area (Å²) in [4.78, 5) is 97.2. The minimum atomic E-state index is -0.659. The first-order valence-corrected chi connectivity index (χ1v) is 42.6. The van der Waals surface area contributed by atoms with Gasteiger partial charge >= 0.3 is 25.0 Å². The van der Waals surface area contributed by atoms with Gasteiger partial charge in [0.15, 0.2) is 3.83 Å². The molecule has 4 aliphatic carbocycles. The molecule has 2 N–H and O–H groups in total. The maximum atomic E-state index is 14.6. The number of pyridine rings is 2. The molecule has 0 spiro atoms. The van der Waals surface area contributed by atoms with Crippen LogP contribution in [-0.4, -0.2) is 142 Å². The molecule has 0 radical (unpaired) electrons. The van der Waals surface area contributed by atoms with E-state index in [-0.39, 0.29) is 93.6 Å². The van der Waals surface area contributed by atoms with Crippen LogP contribution in [0.25, 0.3) is 45.0 Å². The number of hydrogen-bond donors (Lipinski definition) is 1. The number of carbonyl (C=O) groups excluding carboxylic acids is 4. The fraction of sp³-hybridized carbons (Fsp3) is 0.386. The number of esters is 3. The molecule has 0 unspecified atom stereocenters. The molecule has 4 atom stereocenters. The Morgan fingerprint density at radius 3 is 1.13 bits per heavy atom. The predicted molar refractivity (Wildman–Crippen MR) is 461 cm³/mol. The molecule has 122 heavy (non-hydrogen) atoms. The Morgan fingerprint density at radius 1 is 0.459 bits per heavy atom. The van der Waals surface area contributed by atoms with Crippen molar-refractivity contribution in [1.82, 2.24) is 80.2 Å². The molecule has 16 rings (SSSR count). The Morgan fingerprint density at radius 2 is 0.787 bits per heavy atom. The van der Waals surface area contributed by atoms with Gasteiger partial charge in [-0.1, -0.05) is 52.0 Å². The van der Waals surface area contributed by atoms with Crippen LogP contribution in [0, 0.1) is 37.9 Å². The molecule has 9 aromatic heterocycles. The molecule has 1 saturated heterocycles. The highest BCUT2D eigenvalue weighted by molar-refractivity contribution is 14.1. The van der Waals surface area contributed by atoms with Gasteiger partial charge in [-0.25, -0.2) is 67.4 Å². The van der Waals surface area contributed by atoms with Gasteiger partial charge in [-0.05, 0) is 200 Å². The van der Waals surface area contributed by atoms with E-state index in [2.05, 4.69) is 152 Å². The number of fused-ring (bicyclic) bond motifs is 10. The summed E-state index contributed by atoms with van der Waals surface area (Å²) in [6.07, 6.45) is 23.3. The maximum absolute atomic E-state index is 14.6. The predicted octanol–water partition coefficient (Wildman–Crippen LogP) is 15.7. The van der Waals surface area contributed by atoms with Crippen molar-refractivity contribution in [3.05, 3.63) is 240 Å². The van der Waals surface area contributed by atoms with Gasteiger partial charge in [0.1, 0.15) is 46.6 Å².